The van der Waals surface area contributed by atoms with Crippen LogP contribution in [0.15, 0.2) is 29.3 Å². The minimum Gasteiger partial charge on any atom is -0.396 e. The van der Waals surface area contributed by atoms with Gasteiger partial charge in [-0.25, -0.2) is 9.37 Å². The summed E-state index contributed by atoms with van der Waals surface area (Å²) in [5.74, 6) is -0.365. The van der Waals surface area contributed by atoms with E-state index in [9.17, 15) is 17.9 Å². The Balaban J connectivity index is 2.55. The second kappa shape index (κ2) is 7.31. The van der Waals surface area contributed by atoms with Crippen LogP contribution >= 0.6 is 0 Å². The molecule has 0 bridgehead atoms. The predicted octanol–water partition coefficient (Wildman–Crippen LogP) is 2.47. The first-order valence-electron chi connectivity index (χ1n) is 7.70. The highest BCUT2D eigenvalue weighted by Gasteiger charge is 2.30. The first kappa shape index (κ1) is 18.4. The van der Waals surface area contributed by atoms with Crippen molar-refractivity contribution >= 4 is 10.1 Å². The fourth-order valence-corrected chi connectivity index (χ4v) is 3.92. The molecule has 2 rings (SSSR count). The first-order valence-corrected chi connectivity index (χ1v) is 9.11. The Morgan fingerprint density at radius 2 is 2.08 bits per heavy atom. The summed E-state index contributed by atoms with van der Waals surface area (Å²) in [6.07, 6.45) is 0.239. The van der Waals surface area contributed by atoms with E-state index in [0.717, 1.165) is 6.07 Å². The maximum Gasteiger partial charge on any atom is 0.357 e. The van der Waals surface area contributed by atoms with E-state index in [1.165, 1.54) is 22.8 Å². The Bertz CT molecular complexity index is 815. The summed E-state index contributed by atoms with van der Waals surface area (Å²) in [5.41, 5.74) is 0.372. The van der Waals surface area contributed by atoms with Gasteiger partial charge in [-0.2, -0.15) is 8.42 Å². The van der Waals surface area contributed by atoms with E-state index >= 15 is 0 Å². The van der Waals surface area contributed by atoms with Crippen LogP contribution in [0.1, 0.15) is 38.2 Å². The van der Waals surface area contributed by atoms with Gasteiger partial charge in [0.2, 0.25) is 0 Å². The number of aromatic nitrogens is 2. The van der Waals surface area contributed by atoms with Crippen molar-refractivity contribution in [3.05, 3.63) is 41.6 Å². The van der Waals surface area contributed by atoms with Crippen LogP contribution in [0.2, 0.25) is 0 Å². The standard InChI is InChI=1S/C16H21FN2O4S/c1-4-19-14(8-9-20)18-15(11(2)3)16(19)24(21,22)23-13-7-5-6-12(17)10-13/h5-7,10-11,20H,4,8-9H2,1-3H3. The number of benzene rings is 1. The molecule has 0 spiro atoms. The number of rotatable bonds is 7. The third kappa shape index (κ3) is 3.76. The third-order valence-electron chi connectivity index (χ3n) is 3.46. The van der Waals surface area contributed by atoms with Crippen molar-refractivity contribution in [1.29, 1.82) is 0 Å². The molecule has 1 aromatic heterocycles. The second-order valence-electron chi connectivity index (χ2n) is 5.59. The van der Waals surface area contributed by atoms with Crippen LogP contribution in [-0.4, -0.2) is 29.7 Å². The van der Waals surface area contributed by atoms with E-state index in [2.05, 4.69) is 4.98 Å². The Morgan fingerprint density at radius 1 is 1.38 bits per heavy atom. The summed E-state index contributed by atoms with van der Waals surface area (Å²) < 4.78 is 45.4. The van der Waals surface area contributed by atoms with Gasteiger partial charge in [0.05, 0.1) is 12.3 Å². The number of nitrogens with zero attached hydrogens (tertiary/aromatic N) is 2. The van der Waals surface area contributed by atoms with E-state index in [-0.39, 0.29) is 29.7 Å². The number of aliphatic hydroxyl groups is 1. The van der Waals surface area contributed by atoms with Crippen molar-refractivity contribution in [3.63, 3.8) is 0 Å². The molecule has 1 aromatic carbocycles. The molecule has 132 valence electrons. The zero-order chi connectivity index (χ0) is 17.9. The van der Waals surface area contributed by atoms with E-state index < -0.39 is 15.9 Å². The zero-order valence-corrected chi connectivity index (χ0v) is 14.7. The minimum atomic E-state index is -4.19. The predicted molar refractivity (Wildman–Crippen MR) is 87.0 cm³/mol. The normalized spacial score (nSPS) is 11.9. The molecule has 0 atom stereocenters. The maximum absolute atomic E-state index is 13.3. The largest absolute Gasteiger partial charge is 0.396 e. The molecule has 0 saturated carbocycles. The molecule has 0 aliphatic heterocycles. The van der Waals surface area contributed by atoms with Crippen LogP contribution in [0.25, 0.3) is 0 Å². The van der Waals surface area contributed by atoms with Crippen molar-refractivity contribution < 1.29 is 22.1 Å². The summed E-state index contributed by atoms with van der Waals surface area (Å²) in [7, 11) is -4.19. The van der Waals surface area contributed by atoms with Crippen molar-refractivity contribution in [2.75, 3.05) is 6.61 Å². The Kier molecular flexibility index (Phi) is 5.61. The summed E-state index contributed by atoms with van der Waals surface area (Å²) in [4.78, 5) is 4.37. The summed E-state index contributed by atoms with van der Waals surface area (Å²) in [5, 5.41) is 9.12. The second-order valence-corrected chi connectivity index (χ2v) is 7.05. The van der Waals surface area contributed by atoms with Crippen LogP contribution < -0.4 is 4.18 Å². The molecular weight excluding hydrogens is 335 g/mol. The van der Waals surface area contributed by atoms with Crippen molar-refractivity contribution in [3.8, 4) is 5.75 Å². The highest BCUT2D eigenvalue weighted by atomic mass is 32.2. The monoisotopic (exact) mass is 356 g/mol. The smallest absolute Gasteiger partial charge is 0.357 e. The topological polar surface area (TPSA) is 81.4 Å². The van der Waals surface area contributed by atoms with Crippen LogP contribution in [0.3, 0.4) is 0 Å². The molecule has 24 heavy (non-hydrogen) atoms. The Hall–Kier alpha value is -1.93. The molecule has 0 radical (unpaired) electrons. The molecule has 0 aliphatic carbocycles. The van der Waals surface area contributed by atoms with Gasteiger partial charge in [-0.15, -0.1) is 0 Å². The van der Waals surface area contributed by atoms with Crippen LogP contribution in [0, 0.1) is 5.82 Å². The summed E-state index contributed by atoms with van der Waals surface area (Å²) in [6, 6.07) is 4.96. The van der Waals surface area contributed by atoms with Crippen LogP contribution in [0.4, 0.5) is 4.39 Å². The Labute approximate surface area is 141 Å². The van der Waals surface area contributed by atoms with Gasteiger partial charge in [0.25, 0.3) is 0 Å². The maximum atomic E-state index is 13.3. The van der Waals surface area contributed by atoms with Gasteiger partial charge in [-0.3, -0.25) is 0 Å². The molecule has 1 N–H and O–H groups in total. The lowest BCUT2D eigenvalue weighted by molar-refractivity contribution is 0.294. The number of imidazole rings is 1. The van der Waals surface area contributed by atoms with Crippen LogP contribution in [-0.2, 0) is 23.1 Å². The quantitative estimate of drug-likeness (QED) is 0.771. The average Bonchev–Trinajstić information content (AvgIpc) is 2.87. The molecule has 2 aromatic rings. The molecule has 6 nitrogen and oxygen atoms in total. The summed E-state index contributed by atoms with van der Waals surface area (Å²) >= 11 is 0. The van der Waals surface area contributed by atoms with Crippen molar-refractivity contribution in [2.45, 2.75) is 44.7 Å². The van der Waals surface area contributed by atoms with Gasteiger partial charge in [-0.1, -0.05) is 19.9 Å². The molecule has 0 amide bonds. The number of hydrogen-bond donors (Lipinski definition) is 1. The third-order valence-corrected chi connectivity index (χ3v) is 4.78. The lowest BCUT2D eigenvalue weighted by Crippen LogP contribution is -2.18. The highest BCUT2D eigenvalue weighted by Crippen LogP contribution is 2.28. The average molecular weight is 356 g/mol. The fraction of sp³-hybridized carbons (Fsp3) is 0.438. The summed E-state index contributed by atoms with van der Waals surface area (Å²) in [6.45, 7) is 5.65. The van der Waals surface area contributed by atoms with Gasteiger partial charge in [0, 0.05) is 19.0 Å². The lowest BCUT2D eigenvalue weighted by atomic mass is 10.1. The van der Waals surface area contributed by atoms with Gasteiger partial charge >= 0.3 is 10.1 Å². The minimum absolute atomic E-state index is 0.0484. The first-order chi connectivity index (χ1) is 11.3. The number of aliphatic hydroxyl groups excluding tert-OH is 1. The fourth-order valence-electron chi connectivity index (χ4n) is 2.44. The molecular formula is C16H21FN2O4S. The zero-order valence-electron chi connectivity index (χ0n) is 13.9. The van der Waals surface area contributed by atoms with Gasteiger partial charge < -0.3 is 13.9 Å². The van der Waals surface area contributed by atoms with E-state index in [1.54, 1.807) is 6.92 Å². The van der Waals surface area contributed by atoms with Crippen molar-refractivity contribution in [1.82, 2.24) is 9.55 Å². The van der Waals surface area contributed by atoms with E-state index in [0.29, 0.717) is 18.1 Å². The van der Waals surface area contributed by atoms with E-state index in [4.69, 9.17) is 4.18 Å². The SMILES string of the molecule is CCn1c(CCO)nc(C(C)C)c1S(=O)(=O)Oc1cccc(F)c1. The number of halogens is 1. The molecule has 1 heterocycles. The van der Waals surface area contributed by atoms with Gasteiger partial charge in [0.1, 0.15) is 17.4 Å². The van der Waals surface area contributed by atoms with Crippen LogP contribution in [0.5, 0.6) is 5.75 Å². The van der Waals surface area contributed by atoms with Gasteiger partial charge in [-0.05, 0) is 25.0 Å². The molecule has 0 unspecified atom stereocenters. The Morgan fingerprint density at radius 3 is 2.62 bits per heavy atom. The van der Waals surface area contributed by atoms with E-state index in [1.807, 2.05) is 13.8 Å². The highest BCUT2D eigenvalue weighted by molar-refractivity contribution is 7.87. The van der Waals surface area contributed by atoms with Gasteiger partial charge in [0.15, 0.2) is 5.03 Å². The molecule has 0 aliphatic rings. The molecule has 0 saturated heterocycles. The number of hydrogen-bond acceptors (Lipinski definition) is 5. The molecule has 0 fully saturated rings. The molecule has 8 heteroatoms. The lowest BCUT2D eigenvalue weighted by Gasteiger charge is -2.13. The van der Waals surface area contributed by atoms with Crippen molar-refractivity contribution in [2.24, 2.45) is 0 Å².